The monoisotopic (exact) mass is 116 g/mol. The minimum atomic E-state index is -0.872. The second-order valence-corrected chi connectivity index (χ2v) is 2.09. The van der Waals surface area contributed by atoms with Gasteiger partial charge in [0.15, 0.2) is 0 Å². The van der Waals surface area contributed by atoms with E-state index in [0.717, 1.165) is 0 Å². The lowest BCUT2D eigenvalue weighted by molar-refractivity contribution is -0.151. The number of carboxylic acid groups (broad SMARTS) is 1. The van der Waals surface area contributed by atoms with Crippen molar-refractivity contribution in [2.45, 2.75) is 18.9 Å². The maximum Gasteiger partial charge on any atom is 0.309 e. The van der Waals surface area contributed by atoms with Crippen molar-refractivity contribution >= 4 is 5.97 Å². The molecule has 2 atom stereocenters. The van der Waals surface area contributed by atoms with Crippen LogP contribution in [0.2, 0.25) is 0 Å². The number of rotatable bonds is 1. The summed E-state index contributed by atoms with van der Waals surface area (Å²) >= 11 is 0. The molecule has 1 unspecified atom stereocenters. The van der Waals surface area contributed by atoms with Gasteiger partial charge in [-0.05, 0) is 12.8 Å². The zero-order chi connectivity index (χ0) is 6.15. The van der Waals surface area contributed by atoms with Gasteiger partial charge in [-0.25, -0.2) is 0 Å². The largest absolute Gasteiger partial charge is 0.481 e. The smallest absolute Gasteiger partial charge is 0.309 e. The van der Waals surface area contributed by atoms with Gasteiger partial charge < -0.3 is 10.2 Å². The first-order valence-electron chi connectivity index (χ1n) is 2.62. The van der Waals surface area contributed by atoms with Gasteiger partial charge in [-0.1, -0.05) is 0 Å². The standard InChI is InChI=1S/C5H8O3/c6-4-2-1-3(4)5(7)8/h3-4,6H,1-2H2,(H,7,8)/t3?,4-/m0/s1. The molecule has 0 aromatic rings. The average molecular weight is 116 g/mol. The Kier molecular flexibility index (Phi) is 1.21. The maximum absolute atomic E-state index is 10.0. The molecule has 1 fully saturated rings. The van der Waals surface area contributed by atoms with E-state index < -0.39 is 18.0 Å². The van der Waals surface area contributed by atoms with Crippen molar-refractivity contribution in [1.82, 2.24) is 0 Å². The summed E-state index contributed by atoms with van der Waals surface area (Å²) in [6.45, 7) is 0. The Morgan fingerprint density at radius 3 is 2.12 bits per heavy atom. The molecule has 0 aromatic heterocycles. The summed E-state index contributed by atoms with van der Waals surface area (Å²) in [5, 5.41) is 16.9. The van der Waals surface area contributed by atoms with E-state index in [1.807, 2.05) is 0 Å². The molecule has 0 bridgehead atoms. The van der Waals surface area contributed by atoms with Crippen LogP contribution in [-0.4, -0.2) is 22.3 Å². The lowest BCUT2D eigenvalue weighted by Gasteiger charge is -2.27. The molecule has 1 saturated carbocycles. The van der Waals surface area contributed by atoms with E-state index in [1.165, 1.54) is 0 Å². The van der Waals surface area contributed by atoms with Gasteiger partial charge in [0.1, 0.15) is 0 Å². The number of aliphatic hydroxyl groups excluding tert-OH is 1. The van der Waals surface area contributed by atoms with Crippen molar-refractivity contribution in [2.24, 2.45) is 5.92 Å². The molecule has 8 heavy (non-hydrogen) atoms. The van der Waals surface area contributed by atoms with Gasteiger partial charge >= 0.3 is 5.97 Å². The first-order valence-corrected chi connectivity index (χ1v) is 2.62. The van der Waals surface area contributed by atoms with Crippen LogP contribution in [-0.2, 0) is 4.79 Å². The van der Waals surface area contributed by atoms with Crippen molar-refractivity contribution in [3.05, 3.63) is 0 Å². The van der Waals surface area contributed by atoms with Crippen LogP contribution >= 0.6 is 0 Å². The summed E-state index contributed by atoms with van der Waals surface area (Å²) in [5.41, 5.74) is 0. The van der Waals surface area contributed by atoms with Crippen LogP contribution in [0.15, 0.2) is 0 Å². The third-order valence-corrected chi connectivity index (χ3v) is 1.56. The molecule has 0 aromatic carbocycles. The van der Waals surface area contributed by atoms with E-state index in [-0.39, 0.29) is 0 Å². The zero-order valence-electron chi connectivity index (χ0n) is 4.37. The molecule has 2 N–H and O–H groups in total. The highest BCUT2D eigenvalue weighted by molar-refractivity contribution is 5.71. The fraction of sp³-hybridized carbons (Fsp3) is 0.800. The topological polar surface area (TPSA) is 57.5 Å². The van der Waals surface area contributed by atoms with Crippen LogP contribution in [0, 0.1) is 5.92 Å². The molecule has 0 radical (unpaired) electrons. The van der Waals surface area contributed by atoms with Gasteiger partial charge in [-0.2, -0.15) is 0 Å². The summed E-state index contributed by atoms with van der Waals surface area (Å²) in [6, 6.07) is 0. The van der Waals surface area contributed by atoms with Crippen molar-refractivity contribution < 1.29 is 15.0 Å². The SMILES string of the molecule is O=C(O)C1CC[C@@H]1O. The lowest BCUT2D eigenvalue weighted by Crippen LogP contribution is -2.37. The van der Waals surface area contributed by atoms with Gasteiger partial charge in [-0.3, -0.25) is 4.79 Å². The van der Waals surface area contributed by atoms with Crippen molar-refractivity contribution in [3.8, 4) is 0 Å². The average Bonchev–Trinajstić information content (AvgIpc) is 1.61. The molecule has 0 aliphatic heterocycles. The minimum absolute atomic E-state index is 0.477. The molecule has 1 aliphatic rings. The number of hydrogen-bond donors (Lipinski definition) is 2. The first kappa shape index (κ1) is 5.56. The Morgan fingerprint density at radius 1 is 1.50 bits per heavy atom. The van der Waals surface area contributed by atoms with E-state index in [4.69, 9.17) is 10.2 Å². The van der Waals surface area contributed by atoms with Gasteiger partial charge in [0.05, 0.1) is 12.0 Å². The van der Waals surface area contributed by atoms with Crippen molar-refractivity contribution in [3.63, 3.8) is 0 Å². The molecule has 1 aliphatic carbocycles. The Bertz CT molecular complexity index is 110. The molecule has 0 amide bonds. The Labute approximate surface area is 46.9 Å². The van der Waals surface area contributed by atoms with Crippen LogP contribution in [0.3, 0.4) is 0 Å². The number of aliphatic carboxylic acids is 1. The van der Waals surface area contributed by atoms with Crippen LogP contribution < -0.4 is 0 Å². The molecular weight excluding hydrogens is 108 g/mol. The third kappa shape index (κ3) is 0.690. The van der Waals surface area contributed by atoms with Crippen LogP contribution in [0.1, 0.15) is 12.8 Å². The quantitative estimate of drug-likeness (QED) is 0.500. The Morgan fingerprint density at radius 2 is 2.12 bits per heavy atom. The van der Waals surface area contributed by atoms with Crippen molar-refractivity contribution in [2.75, 3.05) is 0 Å². The van der Waals surface area contributed by atoms with E-state index in [1.54, 1.807) is 0 Å². The predicted octanol–water partition coefficient (Wildman–Crippen LogP) is -0.158. The second-order valence-electron chi connectivity index (χ2n) is 2.09. The van der Waals surface area contributed by atoms with Crippen molar-refractivity contribution in [1.29, 1.82) is 0 Å². The highest BCUT2D eigenvalue weighted by Crippen LogP contribution is 2.26. The Balaban J connectivity index is 2.37. The zero-order valence-corrected chi connectivity index (χ0v) is 4.37. The molecule has 3 heteroatoms. The minimum Gasteiger partial charge on any atom is -0.481 e. The van der Waals surface area contributed by atoms with Crippen LogP contribution in [0.5, 0.6) is 0 Å². The second kappa shape index (κ2) is 1.74. The summed E-state index contributed by atoms with van der Waals surface area (Å²) < 4.78 is 0. The Hall–Kier alpha value is -0.570. The fourth-order valence-electron chi connectivity index (χ4n) is 0.770. The predicted molar refractivity (Wildman–Crippen MR) is 26.4 cm³/mol. The van der Waals surface area contributed by atoms with Gasteiger partial charge in [-0.15, -0.1) is 0 Å². The van der Waals surface area contributed by atoms with E-state index >= 15 is 0 Å². The van der Waals surface area contributed by atoms with Gasteiger partial charge in [0.25, 0.3) is 0 Å². The van der Waals surface area contributed by atoms with E-state index in [2.05, 4.69) is 0 Å². The molecule has 3 nitrogen and oxygen atoms in total. The number of carboxylic acids is 1. The normalized spacial score (nSPS) is 36.1. The molecule has 46 valence electrons. The van der Waals surface area contributed by atoms with Gasteiger partial charge in [0, 0.05) is 0 Å². The third-order valence-electron chi connectivity index (χ3n) is 1.56. The van der Waals surface area contributed by atoms with E-state index in [9.17, 15) is 4.79 Å². The highest BCUT2D eigenvalue weighted by Gasteiger charge is 2.34. The summed E-state index contributed by atoms with van der Waals surface area (Å²) in [6.07, 6.45) is 0.709. The summed E-state index contributed by atoms with van der Waals surface area (Å²) in [7, 11) is 0. The number of hydrogen-bond acceptors (Lipinski definition) is 2. The highest BCUT2D eigenvalue weighted by atomic mass is 16.4. The summed E-state index contributed by atoms with van der Waals surface area (Å²) in [5.74, 6) is -1.35. The number of carbonyl (C=O) groups is 1. The maximum atomic E-state index is 10.0. The molecule has 0 spiro atoms. The van der Waals surface area contributed by atoms with Gasteiger partial charge in [0.2, 0.25) is 0 Å². The first-order chi connectivity index (χ1) is 3.72. The summed E-state index contributed by atoms with van der Waals surface area (Å²) in [4.78, 5) is 10.0. The lowest BCUT2D eigenvalue weighted by atomic mass is 9.82. The molecular formula is C5H8O3. The fourth-order valence-corrected chi connectivity index (χ4v) is 0.770. The molecule has 1 rings (SSSR count). The van der Waals surface area contributed by atoms with E-state index in [0.29, 0.717) is 12.8 Å². The van der Waals surface area contributed by atoms with Crippen LogP contribution in [0.4, 0.5) is 0 Å². The number of aliphatic hydroxyl groups is 1. The molecule has 0 saturated heterocycles. The molecule has 0 heterocycles. The van der Waals surface area contributed by atoms with Crippen LogP contribution in [0.25, 0.3) is 0 Å².